The van der Waals surface area contributed by atoms with Gasteiger partial charge in [-0.2, -0.15) is 0 Å². The number of amides is 1. The third-order valence-corrected chi connectivity index (χ3v) is 2.24. The second-order valence-electron chi connectivity index (χ2n) is 3.41. The van der Waals surface area contributed by atoms with Gasteiger partial charge in [-0.25, -0.2) is 0 Å². The van der Waals surface area contributed by atoms with E-state index in [1.54, 1.807) is 0 Å². The van der Waals surface area contributed by atoms with E-state index >= 15 is 0 Å². The van der Waals surface area contributed by atoms with Crippen LogP contribution in [0, 0.1) is 0 Å². The molecule has 4 heteroatoms. The fraction of sp³-hybridized carbons (Fsp3) is 0.667. The number of nitrogens with zero attached hydrogens (tertiary/aromatic N) is 2. The summed E-state index contributed by atoms with van der Waals surface area (Å²) in [5, 5.41) is 0. The lowest BCUT2D eigenvalue weighted by Gasteiger charge is -2.31. The summed E-state index contributed by atoms with van der Waals surface area (Å²) in [7, 11) is 2.12. The molecule has 4 nitrogen and oxygen atoms in total. The predicted octanol–water partition coefficient (Wildman–Crippen LogP) is -0.725. The second-order valence-corrected chi connectivity index (χ2v) is 3.41. The monoisotopic (exact) mass is 183 g/mol. The first kappa shape index (κ1) is 10.2. The molecule has 0 bridgehead atoms. The lowest BCUT2D eigenvalue weighted by molar-refractivity contribution is -0.113. The van der Waals surface area contributed by atoms with Crippen molar-refractivity contribution in [2.75, 3.05) is 39.8 Å². The summed E-state index contributed by atoms with van der Waals surface area (Å²) >= 11 is 0. The molecule has 2 N–H and O–H groups in total. The van der Waals surface area contributed by atoms with Crippen molar-refractivity contribution in [3.05, 3.63) is 12.2 Å². The quantitative estimate of drug-likeness (QED) is 0.587. The first-order valence-corrected chi connectivity index (χ1v) is 4.55. The molecule has 0 atom stereocenters. The van der Waals surface area contributed by atoms with Crippen LogP contribution in [0.3, 0.4) is 0 Å². The average molecular weight is 183 g/mol. The maximum absolute atomic E-state index is 10.4. The highest BCUT2D eigenvalue weighted by molar-refractivity contribution is 5.85. The topological polar surface area (TPSA) is 49.6 Å². The summed E-state index contributed by atoms with van der Waals surface area (Å²) in [6.07, 6.45) is 3.26. The minimum Gasteiger partial charge on any atom is -0.366 e. The third-order valence-electron chi connectivity index (χ3n) is 2.24. The summed E-state index contributed by atoms with van der Waals surface area (Å²) in [6.45, 7) is 5.17. The maximum atomic E-state index is 10.4. The van der Waals surface area contributed by atoms with Crippen molar-refractivity contribution in [2.45, 2.75) is 0 Å². The van der Waals surface area contributed by atoms with Gasteiger partial charge < -0.3 is 10.6 Å². The molecule has 13 heavy (non-hydrogen) atoms. The van der Waals surface area contributed by atoms with Gasteiger partial charge in [-0.3, -0.25) is 9.69 Å². The van der Waals surface area contributed by atoms with E-state index in [0.29, 0.717) is 0 Å². The number of likely N-dealkylation sites (N-methyl/N-ethyl adjacent to an activating group) is 1. The molecule has 1 amide bonds. The molecule has 1 heterocycles. The first-order chi connectivity index (χ1) is 6.18. The van der Waals surface area contributed by atoms with E-state index in [-0.39, 0.29) is 5.91 Å². The Morgan fingerprint density at radius 1 is 1.38 bits per heavy atom. The molecule has 0 aliphatic carbocycles. The van der Waals surface area contributed by atoms with Crippen molar-refractivity contribution in [1.82, 2.24) is 9.80 Å². The van der Waals surface area contributed by atoms with Gasteiger partial charge in [0.2, 0.25) is 5.91 Å². The van der Waals surface area contributed by atoms with Crippen molar-refractivity contribution >= 4 is 5.91 Å². The summed E-state index contributed by atoms with van der Waals surface area (Å²) in [5.41, 5.74) is 4.98. The zero-order chi connectivity index (χ0) is 9.68. The van der Waals surface area contributed by atoms with Crippen LogP contribution in [0.25, 0.3) is 0 Å². The van der Waals surface area contributed by atoms with Crippen molar-refractivity contribution in [1.29, 1.82) is 0 Å². The van der Waals surface area contributed by atoms with Crippen molar-refractivity contribution in [3.8, 4) is 0 Å². The maximum Gasteiger partial charge on any atom is 0.241 e. The van der Waals surface area contributed by atoms with Crippen LogP contribution in [0.5, 0.6) is 0 Å². The third kappa shape index (κ3) is 4.05. The summed E-state index contributed by atoms with van der Waals surface area (Å²) in [4.78, 5) is 15.0. The van der Waals surface area contributed by atoms with Crippen LogP contribution in [0.15, 0.2) is 12.2 Å². The normalized spacial score (nSPS) is 21.0. The standard InChI is InChI=1S/C9H17N3O/c1-11-5-7-12(8-6-11)4-2-3-9(10)13/h2-3H,4-8H2,1H3,(H2,10,13). The molecule has 74 valence electrons. The number of piperazine rings is 1. The van der Waals surface area contributed by atoms with Gasteiger partial charge >= 0.3 is 0 Å². The zero-order valence-electron chi connectivity index (χ0n) is 8.07. The Morgan fingerprint density at radius 2 is 2.00 bits per heavy atom. The number of hydrogen-bond donors (Lipinski definition) is 1. The Balaban J connectivity index is 2.19. The molecule has 1 rings (SSSR count). The lowest BCUT2D eigenvalue weighted by Crippen LogP contribution is -2.44. The van der Waals surface area contributed by atoms with Crippen molar-refractivity contribution in [2.24, 2.45) is 5.73 Å². The summed E-state index contributed by atoms with van der Waals surface area (Å²) in [5.74, 6) is -0.367. The molecule has 1 aliphatic heterocycles. The van der Waals surface area contributed by atoms with E-state index in [0.717, 1.165) is 32.7 Å². The van der Waals surface area contributed by atoms with Crippen LogP contribution in [-0.2, 0) is 4.79 Å². The fourth-order valence-corrected chi connectivity index (χ4v) is 1.35. The average Bonchev–Trinajstić information content (AvgIpc) is 2.08. The van der Waals surface area contributed by atoms with Gasteiger partial charge in [-0.1, -0.05) is 6.08 Å². The number of nitrogens with two attached hydrogens (primary N) is 1. The molecule has 1 aliphatic rings. The smallest absolute Gasteiger partial charge is 0.241 e. The highest BCUT2D eigenvalue weighted by atomic mass is 16.1. The predicted molar refractivity (Wildman–Crippen MR) is 52.3 cm³/mol. The molecule has 0 aromatic rings. The number of primary amides is 1. The Labute approximate surface area is 79.0 Å². The Kier molecular flexibility index (Phi) is 3.92. The first-order valence-electron chi connectivity index (χ1n) is 4.55. The number of rotatable bonds is 3. The van der Waals surface area contributed by atoms with Gasteiger partial charge in [0.25, 0.3) is 0 Å². The summed E-state index contributed by atoms with van der Waals surface area (Å²) < 4.78 is 0. The van der Waals surface area contributed by atoms with Gasteiger partial charge in [0.15, 0.2) is 0 Å². The second kappa shape index (κ2) is 4.99. The molecule has 0 spiro atoms. The van der Waals surface area contributed by atoms with E-state index in [4.69, 9.17) is 5.73 Å². The van der Waals surface area contributed by atoms with Gasteiger partial charge in [0.05, 0.1) is 0 Å². The molecule has 0 aromatic carbocycles. The Hall–Kier alpha value is -0.870. The molecule has 1 fully saturated rings. The van der Waals surface area contributed by atoms with E-state index in [1.165, 1.54) is 6.08 Å². The SMILES string of the molecule is CN1CCN(CC=CC(N)=O)CC1. The van der Waals surface area contributed by atoms with Gasteiger partial charge in [-0.15, -0.1) is 0 Å². The molecular formula is C9H17N3O. The van der Waals surface area contributed by atoms with Gasteiger partial charge in [0.1, 0.15) is 0 Å². The minimum absolute atomic E-state index is 0.367. The highest BCUT2D eigenvalue weighted by Gasteiger charge is 2.11. The van der Waals surface area contributed by atoms with E-state index < -0.39 is 0 Å². The highest BCUT2D eigenvalue weighted by Crippen LogP contribution is 1.98. The number of hydrogen-bond acceptors (Lipinski definition) is 3. The minimum atomic E-state index is -0.367. The van der Waals surface area contributed by atoms with E-state index in [9.17, 15) is 4.79 Å². The molecule has 0 radical (unpaired) electrons. The largest absolute Gasteiger partial charge is 0.366 e. The molecule has 0 unspecified atom stereocenters. The molecule has 0 saturated carbocycles. The number of carbonyl (C=O) groups excluding carboxylic acids is 1. The van der Waals surface area contributed by atoms with Crippen LogP contribution in [0.1, 0.15) is 0 Å². The van der Waals surface area contributed by atoms with E-state index in [1.807, 2.05) is 6.08 Å². The number of carbonyl (C=O) groups is 1. The molecular weight excluding hydrogens is 166 g/mol. The summed E-state index contributed by atoms with van der Waals surface area (Å²) in [6, 6.07) is 0. The van der Waals surface area contributed by atoms with Crippen molar-refractivity contribution in [3.63, 3.8) is 0 Å². The zero-order valence-corrected chi connectivity index (χ0v) is 8.07. The fourth-order valence-electron chi connectivity index (χ4n) is 1.35. The molecule has 1 saturated heterocycles. The van der Waals surface area contributed by atoms with Crippen LogP contribution >= 0.6 is 0 Å². The van der Waals surface area contributed by atoms with Crippen LogP contribution < -0.4 is 5.73 Å². The lowest BCUT2D eigenvalue weighted by atomic mass is 10.3. The molecule has 0 aromatic heterocycles. The van der Waals surface area contributed by atoms with Crippen LogP contribution in [0.4, 0.5) is 0 Å². The van der Waals surface area contributed by atoms with Crippen molar-refractivity contribution < 1.29 is 4.79 Å². The van der Waals surface area contributed by atoms with Crippen LogP contribution in [0.2, 0.25) is 0 Å². The van der Waals surface area contributed by atoms with E-state index in [2.05, 4.69) is 16.8 Å². The van der Waals surface area contributed by atoms with Gasteiger partial charge in [0, 0.05) is 32.7 Å². The Bertz CT molecular complexity index is 195. The van der Waals surface area contributed by atoms with Gasteiger partial charge in [-0.05, 0) is 13.1 Å². The Morgan fingerprint density at radius 3 is 2.54 bits per heavy atom. The van der Waals surface area contributed by atoms with Crippen LogP contribution in [-0.4, -0.2) is 55.5 Å².